The molecule has 8 nitrogen and oxygen atoms in total. The first-order valence-electron chi connectivity index (χ1n) is 11.9. The third-order valence-electron chi connectivity index (χ3n) is 6.26. The van der Waals surface area contributed by atoms with E-state index in [2.05, 4.69) is 19.7 Å². The van der Waals surface area contributed by atoms with Crippen LogP contribution >= 0.6 is 0 Å². The Labute approximate surface area is 224 Å². The number of nitrogens with zero attached hydrogens (tertiary/aromatic N) is 4. The van der Waals surface area contributed by atoms with Crippen molar-refractivity contribution < 1.29 is 35.5 Å². The predicted octanol–water partition coefficient (Wildman–Crippen LogP) is 4.70. The van der Waals surface area contributed by atoms with Crippen LogP contribution in [0.1, 0.15) is 37.6 Å². The van der Waals surface area contributed by atoms with Gasteiger partial charge in [-0.3, -0.25) is 9.78 Å². The summed E-state index contributed by atoms with van der Waals surface area (Å²) >= 11 is 0. The second-order valence-electron chi connectivity index (χ2n) is 9.06. The second-order valence-corrected chi connectivity index (χ2v) is 10.9. The van der Waals surface area contributed by atoms with Gasteiger partial charge < -0.3 is 4.74 Å². The molecule has 0 aliphatic carbocycles. The van der Waals surface area contributed by atoms with E-state index in [1.165, 1.54) is 28.8 Å². The van der Waals surface area contributed by atoms with E-state index in [-0.39, 0.29) is 30.1 Å². The quantitative estimate of drug-likeness (QED) is 0.381. The van der Waals surface area contributed by atoms with Gasteiger partial charge in [0.15, 0.2) is 5.78 Å². The van der Waals surface area contributed by atoms with Gasteiger partial charge >= 0.3 is 6.18 Å². The van der Waals surface area contributed by atoms with E-state index in [1.54, 1.807) is 27.2 Å². The van der Waals surface area contributed by atoms with Crippen molar-refractivity contribution in [3.63, 3.8) is 0 Å². The molecule has 3 heterocycles. The number of ketones is 1. The normalized spacial score (nSPS) is 17.9. The summed E-state index contributed by atoms with van der Waals surface area (Å²) in [6.45, 7) is 1.75. The molecule has 1 fully saturated rings. The van der Waals surface area contributed by atoms with E-state index in [4.69, 9.17) is 0 Å². The lowest BCUT2D eigenvalue weighted by molar-refractivity contribution is -0.141. The van der Waals surface area contributed by atoms with Gasteiger partial charge in [0.2, 0.25) is 10.0 Å². The van der Waals surface area contributed by atoms with E-state index in [0.717, 1.165) is 24.4 Å². The number of hydrogen-bond donors (Lipinski definition) is 0. The van der Waals surface area contributed by atoms with Crippen LogP contribution in [0.3, 0.4) is 0 Å². The number of aryl methyl sites for hydroxylation is 1. The Hall–Kier alpha value is -3.29. The van der Waals surface area contributed by atoms with Crippen LogP contribution in [0.5, 0.6) is 0 Å². The summed E-state index contributed by atoms with van der Waals surface area (Å²) in [4.78, 5) is 24.8. The van der Waals surface area contributed by atoms with Crippen molar-refractivity contribution in [3.05, 3.63) is 72.2 Å². The molecule has 0 radical (unpaired) electrons. The fourth-order valence-corrected chi connectivity index (χ4v) is 6.08. The SMILES string of the molecule is COC.C[C@@]1(C(=O)CCc2cc(-c3ccc(C(F)(F)F)nc3)ncn2)CCCN1S(=O)(=O)c1ccc(F)cc1. The van der Waals surface area contributed by atoms with Crippen LogP contribution in [0.25, 0.3) is 11.3 Å². The number of benzene rings is 1. The average molecular weight is 569 g/mol. The highest BCUT2D eigenvalue weighted by Gasteiger charge is 2.48. The third kappa shape index (κ3) is 7.02. The summed E-state index contributed by atoms with van der Waals surface area (Å²) in [5.41, 5.74) is -1.10. The first kappa shape index (κ1) is 30.3. The van der Waals surface area contributed by atoms with E-state index >= 15 is 0 Å². The standard InChI is InChI=1S/C24H22F4N4O3S.C2H6O/c1-23(11-2-12-32(23)36(34,35)19-7-4-17(25)5-8-19)22(33)10-6-18-13-20(31-15-30-18)16-3-9-21(29-14-16)24(26,27)28;1-3-2/h3-5,7-9,13-15H,2,6,10-12H2,1H3;1-2H3/t23-;/m0./s1. The third-order valence-corrected chi connectivity index (χ3v) is 8.29. The summed E-state index contributed by atoms with van der Waals surface area (Å²) in [5, 5.41) is 0. The number of carbonyl (C=O) groups is 1. The van der Waals surface area contributed by atoms with Crippen LogP contribution in [0.4, 0.5) is 17.6 Å². The fourth-order valence-electron chi connectivity index (χ4n) is 4.25. The maximum Gasteiger partial charge on any atom is 0.433 e. The molecule has 1 saturated heterocycles. The average Bonchev–Trinajstić information content (AvgIpc) is 3.31. The number of alkyl halides is 3. The molecule has 210 valence electrons. The number of pyridine rings is 1. The van der Waals surface area contributed by atoms with E-state index in [1.807, 2.05) is 0 Å². The lowest BCUT2D eigenvalue weighted by Crippen LogP contribution is -2.50. The zero-order chi connectivity index (χ0) is 28.8. The summed E-state index contributed by atoms with van der Waals surface area (Å²) in [6.07, 6.45) is -1.22. The molecule has 3 aromatic rings. The molecule has 1 aliphatic rings. The number of Topliss-reactive ketones (excluding diaryl/α,β-unsaturated/α-hetero) is 1. The van der Waals surface area contributed by atoms with E-state index < -0.39 is 33.2 Å². The molecular formula is C26H28F4N4O4S. The summed E-state index contributed by atoms with van der Waals surface area (Å²) in [7, 11) is -0.765. The van der Waals surface area contributed by atoms with Gasteiger partial charge in [0.1, 0.15) is 17.8 Å². The minimum absolute atomic E-state index is 0.00630. The Morgan fingerprint density at radius 2 is 1.74 bits per heavy atom. The number of methoxy groups -OCH3 is 1. The Bertz CT molecular complexity index is 1380. The zero-order valence-electron chi connectivity index (χ0n) is 21.6. The van der Waals surface area contributed by atoms with Crippen molar-refractivity contribution in [3.8, 4) is 11.3 Å². The van der Waals surface area contributed by atoms with Crippen molar-refractivity contribution in [1.29, 1.82) is 0 Å². The van der Waals surface area contributed by atoms with Crippen molar-refractivity contribution in [2.45, 2.75) is 49.2 Å². The van der Waals surface area contributed by atoms with E-state index in [0.29, 0.717) is 29.8 Å². The molecule has 0 bridgehead atoms. The van der Waals surface area contributed by atoms with Crippen LogP contribution in [0.2, 0.25) is 0 Å². The molecule has 1 aliphatic heterocycles. The monoisotopic (exact) mass is 568 g/mol. The van der Waals surface area contributed by atoms with Crippen molar-refractivity contribution >= 4 is 15.8 Å². The molecule has 0 unspecified atom stereocenters. The predicted molar refractivity (Wildman–Crippen MR) is 134 cm³/mol. The minimum Gasteiger partial charge on any atom is -0.388 e. The van der Waals surface area contributed by atoms with Gasteiger partial charge in [-0.05, 0) is 68.7 Å². The van der Waals surface area contributed by atoms with Crippen LogP contribution in [-0.2, 0) is 32.2 Å². The molecule has 0 N–H and O–H groups in total. The lowest BCUT2D eigenvalue weighted by Gasteiger charge is -2.33. The Balaban J connectivity index is 0.00000134. The summed E-state index contributed by atoms with van der Waals surface area (Å²) < 4.78 is 83.3. The molecule has 1 atom stereocenters. The van der Waals surface area contributed by atoms with Gasteiger partial charge in [0, 0.05) is 44.6 Å². The number of carbonyl (C=O) groups excluding carboxylic acids is 1. The molecule has 0 saturated carbocycles. The fraction of sp³-hybridized carbons (Fsp3) is 0.385. The minimum atomic E-state index is -4.55. The van der Waals surface area contributed by atoms with Crippen molar-refractivity contribution in [2.24, 2.45) is 0 Å². The molecule has 4 rings (SSSR count). The van der Waals surface area contributed by atoms with Crippen LogP contribution in [-0.4, -0.2) is 59.8 Å². The van der Waals surface area contributed by atoms with Gasteiger partial charge in [-0.1, -0.05) is 0 Å². The number of ether oxygens (including phenoxy) is 1. The molecule has 0 spiro atoms. The largest absolute Gasteiger partial charge is 0.433 e. The van der Waals surface area contributed by atoms with Crippen molar-refractivity contribution in [2.75, 3.05) is 20.8 Å². The van der Waals surface area contributed by atoms with Crippen LogP contribution < -0.4 is 0 Å². The number of hydrogen-bond acceptors (Lipinski definition) is 7. The van der Waals surface area contributed by atoms with Crippen molar-refractivity contribution in [1.82, 2.24) is 19.3 Å². The van der Waals surface area contributed by atoms with Crippen LogP contribution in [0, 0.1) is 5.82 Å². The topological polar surface area (TPSA) is 102 Å². The number of aromatic nitrogens is 3. The highest BCUT2D eigenvalue weighted by Crippen LogP contribution is 2.36. The summed E-state index contributed by atoms with van der Waals surface area (Å²) in [5.74, 6) is -0.854. The van der Waals surface area contributed by atoms with Crippen LogP contribution in [0.15, 0.2) is 59.9 Å². The van der Waals surface area contributed by atoms with E-state index in [9.17, 15) is 30.8 Å². The zero-order valence-corrected chi connectivity index (χ0v) is 22.4. The summed E-state index contributed by atoms with van der Waals surface area (Å²) in [6, 6.07) is 8.13. The molecule has 39 heavy (non-hydrogen) atoms. The maximum absolute atomic E-state index is 13.3. The highest BCUT2D eigenvalue weighted by atomic mass is 32.2. The van der Waals surface area contributed by atoms with Gasteiger partial charge in [-0.25, -0.2) is 22.8 Å². The Morgan fingerprint density at radius 3 is 2.33 bits per heavy atom. The van der Waals surface area contributed by atoms with Gasteiger partial charge in [0.05, 0.1) is 16.1 Å². The smallest absolute Gasteiger partial charge is 0.388 e. The first-order chi connectivity index (χ1) is 18.3. The number of halogens is 4. The Morgan fingerprint density at radius 1 is 1.08 bits per heavy atom. The molecular weight excluding hydrogens is 540 g/mol. The Kier molecular flexibility index (Phi) is 9.51. The lowest BCUT2D eigenvalue weighted by atomic mass is 9.91. The second kappa shape index (κ2) is 12.3. The number of sulfonamides is 1. The molecule has 2 aromatic heterocycles. The maximum atomic E-state index is 13.3. The van der Waals surface area contributed by atoms with Gasteiger partial charge in [0.25, 0.3) is 0 Å². The molecule has 0 amide bonds. The van der Waals surface area contributed by atoms with Gasteiger partial charge in [-0.15, -0.1) is 0 Å². The highest BCUT2D eigenvalue weighted by molar-refractivity contribution is 7.89. The van der Waals surface area contributed by atoms with Gasteiger partial charge in [-0.2, -0.15) is 17.5 Å². The molecule has 1 aromatic carbocycles. The number of rotatable bonds is 7. The first-order valence-corrected chi connectivity index (χ1v) is 13.3. The molecule has 13 heteroatoms.